The molecule has 0 radical (unpaired) electrons. The molecule has 1 heterocycles. The Kier molecular flexibility index (Phi) is 9.32. The molecule has 1 aromatic carbocycles. The van der Waals surface area contributed by atoms with Crippen molar-refractivity contribution < 1.29 is 33.1 Å². The molecular weight excluding hydrogens is 470 g/mol. The van der Waals surface area contributed by atoms with Crippen LogP contribution in [0.5, 0.6) is 0 Å². The average molecular weight is 498 g/mol. The number of hydrazone groups is 1. The van der Waals surface area contributed by atoms with Crippen molar-refractivity contribution in [3.8, 4) is 0 Å². The van der Waals surface area contributed by atoms with E-state index in [2.05, 4.69) is 26.5 Å². The topological polar surface area (TPSA) is 168 Å². The molecule has 0 atom stereocenters. The number of amides is 4. The van der Waals surface area contributed by atoms with E-state index in [1.807, 2.05) is 0 Å². The summed E-state index contributed by atoms with van der Waals surface area (Å²) in [6.45, 7) is 1.87. The van der Waals surface area contributed by atoms with Crippen LogP contribution in [0.4, 0.5) is 5.69 Å². The highest BCUT2D eigenvalue weighted by molar-refractivity contribution is 6.39. The Morgan fingerprint density at radius 3 is 2.39 bits per heavy atom. The van der Waals surface area contributed by atoms with Crippen LogP contribution in [0.1, 0.15) is 54.5 Å². The van der Waals surface area contributed by atoms with E-state index in [1.165, 1.54) is 30.5 Å². The van der Waals surface area contributed by atoms with Gasteiger partial charge in [0, 0.05) is 11.7 Å². The van der Waals surface area contributed by atoms with Gasteiger partial charge in [0.25, 0.3) is 0 Å². The van der Waals surface area contributed by atoms with E-state index in [9.17, 15) is 24.0 Å². The van der Waals surface area contributed by atoms with Crippen LogP contribution >= 0.6 is 0 Å². The normalized spacial score (nSPS) is 13.2. The van der Waals surface area contributed by atoms with Crippen LogP contribution in [-0.2, 0) is 30.5 Å². The Morgan fingerprint density at radius 2 is 1.69 bits per heavy atom. The summed E-state index contributed by atoms with van der Waals surface area (Å²) in [5.74, 6) is -3.29. The van der Waals surface area contributed by atoms with E-state index < -0.39 is 29.6 Å². The molecule has 4 amide bonds. The molecule has 0 spiro atoms. The highest BCUT2D eigenvalue weighted by atomic mass is 16.5. The smallest absolute Gasteiger partial charge is 0.338 e. The summed E-state index contributed by atoms with van der Waals surface area (Å²) in [5.41, 5.74) is 2.78. The maximum Gasteiger partial charge on any atom is 0.338 e. The number of hydrogen-bond acceptors (Lipinski definition) is 8. The fourth-order valence-electron chi connectivity index (χ4n) is 3.42. The quantitative estimate of drug-likeness (QED) is 0.184. The second-order valence-corrected chi connectivity index (χ2v) is 7.89. The van der Waals surface area contributed by atoms with Crippen molar-refractivity contribution in [1.82, 2.24) is 16.1 Å². The summed E-state index contributed by atoms with van der Waals surface area (Å²) in [5, 5.41) is 11.2. The van der Waals surface area contributed by atoms with Gasteiger partial charge in [0.15, 0.2) is 0 Å². The first-order valence-electron chi connectivity index (χ1n) is 11.4. The summed E-state index contributed by atoms with van der Waals surface area (Å²) in [7, 11) is 0. The molecule has 2 aromatic rings. The Hall–Kier alpha value is -4.48. The molecule has 1 fully saturated rings. The maximum absolute atomic E-state index is 12.1. The van der Waals surface area contributed by atoms with Crippen LogP contribution in [0.2, 0.25) is 0 Å². The van der Waals surface area contributed by atoms with Crippen molar-refractivity contribution in [3.05, 3.63) is 53.5 Å². The lowest BCUT2D eigenvalue weighted by atomic mass is 10.2. The molecule has 12 nitrogen and oxygen atoms in total. The lowest BCUT2D eigenvalue weighted by Crippen LogP contribution is -2.42. The Morgan fingerprint density at radius 1 is 0.972 bits per heavy atom. The number of carbonyl (C=O) groups excluding carboxylic acids is 5. The Bertz CT molecular complexity index is 1130. The van der Waals surface area contributed by atoms with Crippen molar-refractivity contribution in [2.75, 3.05) is 11.9 Å². The third kappa shape index (κ3) is 7.79. The van der Waals surface area contributed by atoms with E-state index in [4.69, 9.17) is 9.15 Å². The fourth-order valence-corrected chi connectivity index (χ4v) is 3.42. The molecule has 4 N–H and O–H groups in total. The second kappa shape index (κ2) is 12.8. The zero-order chi connectivity index (χ0) is 25.9. The maximum atomic E-state index is 12.1. The van der Waals surface area contributed by atoms with Crippen molar-refractivity contribution in [1.29, 1.82) is 0 Å². The van der Waals surface area contributed by atoms with E-state index in [-0.39, 0.29) is 25.0 Å². The summed E-state index contributed by atoms with van der Waals surface area (Å²) in [4.78, 5) is 59.4. The minimum atomic E-state index is -0.897. The zero-order valence-electron chi connectivity index (χ0n) is 19.7. The fraction of sp³-hybridized carbons (Fsp3) is 0.333. The van der Waals surface area contributed by atoms with Crippen molar-refractivity contribution >= 4 is 41.5 Å². The Labute approximate surface area is 206 Å². The van der Waals surface area contributed by atoms with Crippen LogP contribution in [0.3, 0.4) is 0 Å². The zero-order valence-corrected chi connectivity index (χ0v) is 19.7. The minimum absolute atomic E-state index is 0.0222. The first-order chi connectivity index (χ1) is 17.4. The first kappa shape index (κ1) is 26.1. The van der Waals surface area contributed by atoms with E-state index in [0.717, 1.165) is 25.7 Å². The largest absolute Gasteiger partial charge is 0.462 e. The number of nitrogens with one attached hydrogen (secondary N) is 4. The lowest BCUT2D eigenvalue weighted by molar-refractivity contribution is -0.139. The predicted octanol–water partition coefficient (Wildman–Crippen LogP) is 1.22. The van der Waals surface area contributed by atoms with Gasteiger partial charge in [0.2, 0.25) is 0 Å². The molecular formula is C24H27N5O7. The molecule has 3 rings (SSSR count). The standard InChI is InChI=1S/C24H27N5O7/c1-2-35-24(34)15-7-9-17(10-8-15)28-21(31)20(30)25-13-18-11-12-19(36-18)14-26-29-23(33)22(32)27-16-5-3-4-6-16/h7-12,14,16H,2-6,13H2,1H3,(H,25,30)(H,27,32)(H,28,31)(H,29,33)/b26-14+. The molecule has 190 valence electrons. The highest BCUT2D eigenvalue weighted by Gasteiger charge is 2.21. The van der Waals surface area contributed by atoms with Gasteiger partial charge in [-0.1, -0.05) is 12.8 Å². The van der Waals surface area contributed by atoms with Gasteiger partial charge in [0.05, 0.1) is 24.9 Å². The number of benzene rings is 1. The number of anilines is 1. The van der Waals surface area contributed by atoms with Gasteiger partial charge in [0.1, 0.15) is 11.5 Å². The van der Waals surface area contributed by atoms with Gasteiger partial charge in [-0.2, -0.15) is 5.10 Å². The van der Waals surface area contributed by atoms with Gasteiger partial charge < -0.3 is 25.1 Å². The average Bonchev–Trinajstić information content (AvgIpc) is 3.55. The number of nitrogens with zero attached hydrogens (tertiary/aromatic N) is 1. The lowest BCUT2D eigenvalue weighted by Gasteiger charge is -2.09. The van der Waals surface area contributed by atoms with Crippen molar-refractivity contribution in [2.24, 2.45) is 5.10 Å². The third-order valence-corrected chi connectivity index (χ3v) is 5.22. The van der Waals surface area contributed by atoms with Crippen molar-refractivity contribution in [2.45, 2.75) is 45.2 Å². The molecule has 1 saturated carbocycles. The SMILES string of the molecule is CCOC(=O)c1ccc(NC(=O)C(=O)NCc2ccc(/C=N/NC(=O)C(=O)NC3CCCC3)o2)cc1. The van der Waals surface area contributed by atoms with E-state index >= 15 is 0 Å². The molecule has 1 aliphatic rings. The summed E-state index contributed by atoms with van der Waals surface area (Å²) in [6.07, 6.45) is 4.99. The van der Waals surface area contributed by atoms with Gasteiger partial charge in [-0.15, -0.1) is 0 Å². The second-order valence-electron chi connectivity index (χ2n) is 7.89. The van der Waals surface area contributed by atoms with Gasteiger partial charge in [-0.25, -0.2) is 10.2 Å². The van der Waals surface area contributed by atoms with Gasteiger partial charge >= 0.3 is 29.6 Å². The van der Waals surface area contributed by atoms with E-state index in [0.29, 0.717) is 17.0 Å². The van der Waals surface area contributed by atoms with Crippen LogP contribution in [0.15, 0.2) is 45.9 Å². The number of ether oxygens (including phenoxy) is 1. The van der Waals surface area contributed by atoms with Gasteiger partial charge in [-0.3, -0.25) is 19.2 Å². The van der Waals surface area contributed by atoms with Crippen LogP contribution in [0.25, 0.3) is 0 Å². The molecule has 1 aliphatic carbocycles. The number of furan rings is 1. The minimum Gasteiger partial charge on any atom is -0.462 e. The molecule has 0 saturated heterocycles. The Balaban J connectivity index is 1.40. The molecule has 0 aliphatic heterocycles. The summed E-state index contributed by atoms with van der Waals surface area (Å²) in [6, 6.07) is 9.03. The van der Waals surface area contributed by atoms with Crippen LogP contribution in [0, 0.1) is 0 Å². The highest BCUT2D eigenvalue weighted by Crippen LogP contribution is 2.17. The molecule has 1 aromatic heterocycles. The van der Waals surface area contributed by atoms with Crippen LogP contribution in [-0.4, -0.2) is 48.5 Å². The molecule has 12 heteroatoms. The number of rotatable bonds is 8. The van der Waals surface area contributed by atoms with E-state index in [1.54, 1.807) is 19.1 Å². The summed E-state index contributed by atoms with van der Waals surface area (Å²) >= 11 is 0. The monoisotopic (exact) mass is 497 g/mol. The van der Waals surface area contributed by atoms with Crippen LogP contribution < -0.4 is 21.4 Å². The number of esters is 1. The van der Waals surface area contributed by atoms with Crippen molar-refractivity contribution in [3.63, 3.8) is 0 Å². The number of hydrogen-bond donors (Lipinski definition) is 4. The molecule has 36 heavy (non-hydrogen) atoms. The molecule has 0 unspecified atom stereocenters. The summed E-state index contributed by atoms with van der Waals surface area (Å²) < 4.78 is 10.3. The van der Waals surface area contributed by atoms with Gasteiger partial charge in [-0.05, 0) is 56.2 Å². The third-order valence-electron chi connectivity index (χ3n) is 5.22. The first-order valence-corrected chi connectivity index (χ1v) is 11.4. The molecule has 0 bridgehead atoms. The number of carbonyl (C=O) groups is 5. The predicted molar refractivity (Wildman–Crippen MR) is 128 cm³/mol.